The Balaban J connectivity index is 2.08. The Hall–Kier alpha value is -2.14. The number of pyridine rings is 1. The van der Waals surface area contributed by atoms with Crippen molar-refractivity contribution in [2.75, 3.05) is 6.54 Å². The normalized spacial score (nSPS) is 12.2. The van der Waals surface area contributed by atoms with Crippen molar-refractivity contribution >= 4 is 5.91 Å². The van der Waals surface area contributed by atoms with Gasteiger partial charge in [0.15, 0.2) is 5.76 Å². The maximum Gasteiger partial charge on any atom is 0.253 e. The molecule has 2 aromatic heterocycles. The molecule has 0 saturated heterocycles. The average Bonchev–Trinajstić information content (AvgIpc) is 2.91. The predicted molar refractivity (Wildman–Crippen MR) is 77.3 cm³/mol. The number of nitrogens with one attached hydrogen (secondary N) is 1. The molecule has 2 rings (SSSR count). The van der Waals surface area contributed by atoms with Crippen LogP contribution in [0.1, 0.15) is 29.4 Å². The van der Waals surface area contributed by atoms with Crippen LogP contribution in [0.25, 0.3) is 11.5 Å². The van der Waals surface area contributed by atoms with Crippen LogP contribution in [0.3, 0.4) is 0 Å². The van der Waals surface area contributed by atoms with Crippen LogP contribution >= 0.6 is 0 Å². The summed E-state index contributed by atoms with van der Waals surface area (Å²) in [6, 6.07) is 7.27. The van der Waals surface area contributed by atoms with Gasteiger partial charge in [-0.05, 0) is 44.5 Å². The van der Waals surface area contributed by atoms with Gasteiger partial charge in [-0.2, -0.15) is 0 Å². The van der Waals surface area contributed by atoms with E-state index in [2.05, 4.69) is 10.3 Å². The zero-order valence-corrected chi connectivity index (χ0v) is 11.7. The lowest BCUT2D eigenvalue weighted by Gasteiger charge is -2.09. The molecule has 0 radical (unpaired) electrons. The summed E-state index contributed by atoms with van der Waals surface area (Å²) in [6.45, 7) is 4.29. The quantitative estimate of drug-likeness (QED) is 0.874. The third-order valence-electron chi connectivity index (χ3n) is 2.99. The van der Waals surface area contributed by atoms with Gasteiger partial charge in [0, 0.05) is 12.6 Å². The van der Waals surface area contributed by atoms with E-state index in [1.807, 2.05) is 19.9 Å². The van der Waals surface area contributed by atoms with Gasteiger partial charge in [-0.3, -0.25) is 4.79 Å². The Kier molecular flexibility index (Phi) is 4.53. The number of nitrogens with zero attached hydrogens (tertiary/aromatic N) is 1. The summed E-state index contributed by atoms with van der Waals surface area (Å²) in [5, 5.41) is 2.84. The number of furan rings is 1. The number of aryl methyl sites for hydroxylation is 1. The minimum Gasteiger partial charge on any atom is -0.463 e. The second-order valence-corrected chi connectivity index (χ2v) is 4.83. The van der Waals surface area contributed by atoms with Gasteiger partial charge in [0.25, 0.3) is 5.91 Å². The van der Waals surface area contributed by atoms with E-state index in [1.165, 1.54) is 0 Å². The van der Waals surface area contributed by atoms with Crippen molar-refractivity contribution in [3.63, 3.8) is 0 Å². The van der Waals surface area contributed by atoms with Gasteiger partial charge in [0.1, 0.15) is 5.69 Å². The van der Waals surface area contributed by atoms with Crippen LogP contribution in [-0.4, -0.2) is 23.5 Å². The van der Waals surface area contributed by atoms with Gasteiger partial charge in [-0.25, -0.2) is 4.98 Å². The molecule has 1 atom stereocenters. The van der Waals surface area contributed by atoms with Crippen LogP contribution in [0.5, 0.6) is 0 Å². The number of hydrogen-bond acceptors (Lipinski definition) is 4. The van der Waals surface area contributed by atoms with E-state index in [4.69, 9.17) is 10.2 Å². The van der Waals surface area contributed by atoms with Crippen LogP contribution in [-0.2, 0) is 0 Å². The first-order valence-corrected chi connectivity index (χ1v) is 6.63. The lowest BCUT2D eigenvalue weighted by atomic mass is 10.1. The van der Waals surface area contributed by atoms with Crippen molar-refractivity contribution in [1.29, 1.82) is 0 Å². The van der Waals surface area contributed by atoms with E-state index in [9.17, 15) is 4.79 Å². The second-order valence-electron chi connectivity index (χ2n) is 4.83. The number of rotatable bonds is 5. The fraction of sp³-hybridized carbons (Fsp3) is 0.333. The van der Waals surface area contributed by atoms with E-state index in [0.29, 0.717) is 23.6 Å². The summed E-state index contributed by atoms with van der Waals surface area (Å²) in [4.78, 5) is 16.4. The van der Waals surface area contributed by atoms with Crippen molar-refractivity contribution in [1.82, 2.24) is 10.3 Å². The molecule has 0 saturated carbocycles. The molecular formula is C15H19N3O2. The van der Waals surface area contributed by atoms with Crippen molar-refractivity contribution in [3.8, 4) is 11.5 Å². The molecule has 0 aliphatic carbocycles. The first kappa shape index (κ1) is 14.3. The highest BCUT2D eigenvalue weighted by molar-refractivity contribution is 5.95. The zero-order chi connectivity index (χ0) is 14.5. The lowest BCUT2D eigenvalue weighted by Crippen LogP contribution is -2.29. The number of carbonyl (C=O) groups excluding carboxylic acids is 1. The van der Waals surface area contributed by atoms with Crippen LogP contribution < -0.4 is 11.1 Å². The minimum absolute atomic E-state index is 0.0795. The predicted octanol–water partition coefficient (Wildman–Crippen LogP) is 2.12. The Labute approximate surface area is 118 Å². The molecule has 2 aromatic rings. The van der Waals surface area contributed by atoms with E-state index >= 15 is 0 Å². The SMILES string of the molecule is Cc1nc(-c2ccco2)ccc1C(=O)NCCC(C)N. The molecule has 1 unspecified atom stereocenters. The molecule has 0 fully saturated rings. The number of amides is 1. The van der Waals surface area contributed by atoms with Crippen LogP contribution in [0.15, 0.2) is 34.9 Å². The number of hydrogen-bond donors (Lipinski definition) is 2. The molecule has 20 heavy (non-hydrogen) atoms. The van der Waals surface area contributed by atoms with Gasteiger partial charge in [0.2, 0.25) is 0 Å². The molecule has 0 spiro atoms. The molecule has 3 N–H and O–H groups in total. The largest absolute Gasteiger partial charge is 0.463 e. The van der Waals surface area contributed by atoms with E-state index in [-0.39, 0.29) is 11.9 Å². The van der Waals surface area contributed by atoms with Crippen LogP contribution in [0, 0.1) is 6.92 Å². The monoisotopic (exact) mass is 273 g/mol. The van der Waals surface area contributed by atoms with Crippen molar-refractivity contribution in [3.05, 3.63) is 41.8 Å². The molecule has 5 heteroatoms. The molecule has 5 nitrogen and oxygen atoms in total. The molecule has 0 aliphatic heterocycles. The van der Waals surface area contributed by atoms with Gasteiger partial charge >= 0.3 is 0 Å². The highest BCUT2D eigenvalue weighted by atomic mass is 16.3. The van der Waals surface area contributed by atoms with Crippen molar-refractivity contribution in [2.24, 2.45) is 5.73 Å². The van der Waals surface area contributed by atoms with E-state index < -0.39 is 0 Å². The fourth-order valence-electron chi connectivity index (χ4n) is 1.87. The summed E-state index contributed by atoms with van der Waals surface area (Å²) in [5.74, 6) is 0.568. The molecule has 2 heterocycles. The third-order valence-corrected chi connectivity index (χ3v) is 2.99. The van der Waals surface area contributed by atoms with E-state index in [0.717, 1.165) is 12.1 Å². The fourth-order valence-corrected chi connectivity index (χ4v) is 1.87. The smallest absolute Gasteiger partial charge is 0.253 e. The maximum atomic E-state index is 12.0. The highest BCUT2D eigenvalue weighted by Crippen LogP contribution is 2.19. The Morgan fingerprint density at radius 2 is 2.25 bits per heavy atom. The average molecular weight is 273 g/mol. The zero-order valence-electron chi connectivity index (χ0n) is 11.7. The molecule has 106 valence electrons. The third kappa shape index (κ3) is 3.45. The number of nitrogens with two attached hydrogens (primary N) is 1. The van der Waals surface area contributed by atoms with Gasteiger partial charge < -0.3 is 15.5 Å². The standard InChI is InChI=1S/C15H19N3O2/c1-10(16)7-8-17-15(19)12-5-6-13(18-11(12)2)14-4-3-9-20-14/h3-6,9-10H,7-8,16H2,1-2H3,(H,17,19). The topological polar surface area (TPSA) is 81.2 Å². The Morgan fingerprint density at radius 3 is 2.85 bits per heavy atom. The van der Waals surface area contributed by atoms with Crippen molar-refractivity contribution in [2.45, 2.75) is 26.3 Å². The van der Waals surface area contributed by atoms with E-state index in [1.54, 1.807) is 24.5 Å². The number of aromatic nitrogens is 1. The maximum absolute atomic E-state index is 12.0. The van der Waals surface area contributed by atoms with Gasteiger partial charge in [-0.1, -0.05) is 0 Å². The second kappa shape index (κ2) is 6.34. The molecule has 0 bridgehead atoms. The van der Waals surface area contributed by atoms with Crippen molar-refractivity contribution < 1.29 is 9.21 Å². The Morgan fingerprint density at radius 1 is 1.45 bits per heavy atom. The van der Waals surface area contributed by atoms with Crippen LogP contribution in [0.2, 0.25) is 0 Å². The highest BCUT2D eigenvalue weighted by Gasteiger charge is 2.12. The Bertz CT molecular complexity index is 577. The summed E-state index contributed by atoms with van der Waals surface area (Å²) in [5.41, 5.74) is 7.62. The first-order valence-electron chi connectivity index (χ1n) is 6.63. The summed E-state index contributed by atoms with van der Waals surface area (Å²) in [6.07, 6.45) is 2.35. The molecule has 0 aliphatic rings. The molecular weight excluding hydrogens is 254 g/mol. The first-order chi connectivity index (χ1) is 9.58. The van der Waals surface area contributed by atoms with Crippen LogP contribution in [0.4, 0.5) is 0 Å². The summed E-state index contributed by atoms with van der Waals surface area (Å²) < 4.78 is 5.29. The summed E-state index contributed by atoms with van der Waals surface area (Å²) >= 11 is 0. The molecule has 0 aromatic carbocycles. The van der Waals surface area contributed by atoms with Gasteiger partial charge in [-0.15, -0.1) is 0 Å². The molecule has 1 amide bonds. The lowest BCUT2D eigenvalue weighted by molar-refractivity contribution is 0.0952. The minimum atomic E-state index is -0.123. The van der Waals surface area contributed by atoms with Gasteiger partial charge in [0.05, 0.1) is 17.5 Å². The summed E-state index contributed by atoms with van der Waals surface area (Å²) in [7, 11) is 0. The number of carbonyl (C=O) groups is 1.